The van der Waals surface area contributed by atoms with E-state index in [4.69, 9.17) is 9.15 Å². The van der Waals surface area contributed by atoms with Gasteiger partial charge in [-0.05, 0) is 30.3 Å². The minimum Gasteiger partial charge on any atom is -0.497 e. The predicted molar refractivity (Wildman–Crippen MR) is 97.5 cm³/mol. The van der Waals surface area contributed by atoms with Gasteiger partial charge >= 0.3 is 0 Å². The molecule has 1 fully saturated rings. The Labute approximate surface area is 147 Å². The molecule has 0 amide bonds. The summed E-state index contributed by atoms with van der Waals surface area (Å²) in [5, 5.41) is 9.36. The van der Waals surface area contributed by atoms with Crippen molar-refractivity contribution >= 4 is 18.0 Å². The molecule has 1 aromatic carbocycles. The van der Waals surface area contributed by atoms with Gasteiger partial charge in [-0.3, -0.25) is 0 Å². The van der Waals surface area contributed by atoms with Crippen LogP contribution < -0.4 is 9.64 Å². The van der Waals surface area contributed by atoms with Crippen molar-refractivity contribution in [3.63, 3.8) is 0 Å². The fourth-order valence-corrected chi connectivity index (χ4v) is 2.87. The molecule has 1 saturated heterocycles. The molecule has 1 aliphatic heterocycles. The van der Waals surface area contributed by atoms with E-state index < -0.39 is 0 Å². The molecule has 0 saturated carbocycles. The van der Waals surface area contributed by atoms with Crippen LogP contribution in [0.15, 0.2) is 28.7 Å². The van der Waals surface area contributed by atoms with Crippen molar-refractivity contribution in [2.75, 3.05) is 44.7 Å². The van der Waals surface area contributed by atoms with Crippen LogP contribution in [0.2, 0.25) is 0 Å². The molecule has 1 aromatic heterocycles. The van der Waals surface area contributed by atoms with Crippen LogP contribution >= 0.6 is 0 Å². The maximum atomic E-state index is 9.36. The van der Waals surface area contributed by atoms with Gasteiger partial charge in [0.2, 0.25) is 17.5 Å². The number of rotatable bonds is 5. The molecule has 25 heavy (non-hydrogen) atoms. The Morgan fingerprint density at radius 1 is 1.28 bits per heavy atom. The quantitative estimate of drug-likeness (QED) is 0.835. The van der Waals surface area contributed by atoms with E-state index in [0.717, 1.165) is 44.0 Å². The largest absolute Gasteiger partial charge is 0.497 e. The summed E-state index contributed by atoms with van der Waals surface area (Å²) in [5.41, 5.74) is 1.32. The smallest absolute Gasteiger partial charge is 0.235 e. The number of anilines is 1. The number of nitriles is 1. The van der Waals surface area contributed by atoms with Crippen molar-refractivity contribution in [1.82, 2.24) is 9.88 Å². The number of likely N-dealkylation sites (N-methyl/N-ethyl adjacent to an activating group) is 1. The van der Waals surface area contributed by atoms with Gasteiger partial charge in [0.05, 0.1) is 7.11 Å². The first-order valence-corrected chi connectivity index (χ1v) is 8.44. The number of oxazole rings is 1. The van der Waals surface area contributed by atoms with Crippen LogP contribution in [0.3, 0.4) is 0 Å². The maximum absolute atomic E-state index is 9.36. The Balaban J connectivity index is 1.76. The molecule has 2 heterocycles. The van der Waals surface area contributed by atoms with Crippen LogP contribution in [0, 0.1) is 11.3 Å². The lowest BCUT2D eigenvalue weighted by molar-refractivity contribution is 0.266. The Bertz CT molecular complexity index is 783. The molecule has 0 atom stereocenters. The zero-order valence-electron chi connectivity index (χ0n) is 14.6. The summed E-state index contributed by atoms with van der Waals surface area (Å²) in [6, 6.07) is 9.85. The van der Waals surface area contributed by atoms with Crippen LogP contribution in [-0.2, 0) is 0 Å². The molecule has 0 unspecified atom stereocenters. The van der Waals surface area contributed by atoms with Gasteiger partial charge in [-0.2, -0.15) is 10.2 Å². The number of nitrogens with zero attached hydrogens (tertiary/aromatic N) is 4. The highest BCUT2D eigenvalue weighted by Gasteiger charge is 2.22. The van der Waals surface area contributed by atoms with Crippen molar-refractivity contribution < 1.29 is 9.15 Å². The third kappa shape index (κ3) is 4.01. The third-order valence-electron chi connectivity index (χ3n) is 4.35. The summed E-state index contributed by atoms with van der Waals surface area (Å²) < 4.78 is 11.1. The molecule has 0 N–H and O–H groups in total. The number of hydrogen-bond acceptors (Lipinski definition) is 6. The zero-order chi connectivity index (χ0) is 17.6. The van der Waals surface area contributed by atoms with E-state index in [0.29, 0.717) is 17.5 Å². The van der Waals surface area contributed by atoms with E-state index in [1.165, 1.54) is 0 Å². The lowest BCUT2D eigenvalue weighted by atomic mass is 10.2. The summed E-state index contributed by atoms with van der Waals surface area (Å²) in [4.78, 5) is 8.77. The maximum Gasteiger partial charge on any atom is 0.235 e. The number of aromatic nitrogens is 1. The molecule has 130 valence electrons. The molecule has 0 spiro atoms. The minimum absolute atomic E-state index is 0.343. The monoisotopic (exact) mass is 338 g/mol. The van der Waals surface area contributed by atoms with Crippen molar-refractivity contribution in [3.8, 4) is 11.8 Å². The SMILES string of the molecule is CCN1CCN(c2oc(C=Cc3cccc(OC)c3)nc2C#N)CC1. The highest BCUT2D eigenvalue weighted by molar-refractivity contribution is 5.68. The molecule has 0 aliphatic carbocycles. The van der Waals surface area contributed by atoms with Crippen molar-refractivity contribution in [2.24, 2.45) is 0 Å². The van der Waals surface area contributed by atoms with Crippen LogP contribution in [-0.4, -0.2) is 49.7 Å². The van der Waals surface area contributed by atoms with Crippen LogP contribution in [0.25, 0.3) is 12.2 Å². The predicted octanol–water partition coefficient (Wildman–Crippen LogP) is 2.87. The standard InChI is InChI=1S/C19H22N4O2/c1-3-22-9-11-23(12-10-22)19-17(14-20)21-18(25-19)8-7-15-5-4-6-16(13-15)24-2/h4-8,13H,3,9-12H2,1-2H3. The van der Waals surface area contributed by atoms with Crippen LogP contribution in [0.4, 0.5) is 5.88 Å². The van der Waals surface area contributed by atoms with Gasteiger partial charge in [-0.1, -0.05) is 19.1 Å². The van der Waals surface area contributed by atoms with Crippen molar-refractivity contribution in [1.29, 1.82) is 5.26 Å². The lowest BCUT2D eigenvalue weighted by Gasteiger charge is -2.33. The van der Waals surface area contributed by atoms with Crippen LogP contribution in [0.1, 0.15) is 24.1 Å². The Kier molecular flexibility index (Phi) is 5.36. The van der Waals surface area contributed by atoms with Gasteiger partial charge in [0.25, 0.3) is 0 Å². The van der Waals surface area contributed by atoms with Gasteiger partial charge in [-0.25, -0.2) is 0 Å². The highest BCUT2D eigenvalue weighted by Crippen LogP contribution is 2.24. The Hall–Kier alpha value is -2.78. The number of ether oxygens (including phenoxy) is 1. The number of benzene rings is 1. The summed E-state index contributed by atoms with van der Waals surface area (Å²) in [6.45, 7) is 6.83. The molecule has 3 rings (SSSR count). The minimum atomic E-state index is 0.343. The Morgan fingerprint density at radius 2 is 2.08 bits per heavy atom. The lowest BCUT2D eigenvalue weighted by Crippen LogP contribution is -2.46. The fraction of sp³-hybridized carbons (Fsp3) is 0.368. The summed E-state index contributed by atoms with van der Waals surface area (Å²) >= 11 is 0. The second kappa shape index (κ2) is 7.86. The Morgan fingerprint density at radius 3 is 2.76 bits per heavy atom. The average molecular weight is 338 g/mol. The molecule has 6 heteroatoms. The van der Waals surface area contributed by atoms with Gasteiger partial charge < -0.3 is 19.0 Å². The molecule has 0 bridgehead atoms. The first-order chi connectivity index (χ1) is 12.2. The van der Waals surface area contributed by atoms with E-state index in [1.807, 2.05) is 30.3 Å². The molecule has 6 nitrogen and oxygen atoms in total. The first-order valence-electron chi connectivity index (χ1n) is 8.44. The van der Waals surface area contributed by atoms with E-state index in [2.05, 4.69) is 27.8 Å². The highest BCUT2D eigenvalue weighted by atomic mass is 16.5. The van der Waals surface area contributed by atoms with E-state index in [1.54, 1.807) is 13.2 Å². The van der Waals surface area contributed by atoms with Crippen LogP contribution in [0.5, 0.6) is 5.75 Å². The molecular formula is C19H22N4O2. The van der Waals surface area contributed by atoms with E-state index in [-0.39, 0.29) is 0 Å². The summed E-state index contributed by atoms with van der Waals surface area (Å²) in [7, 11) is 1.64. The van der Waals surface area contributed by atoms with Gasteiger partial charge in [0.15, 0.2) is 0 Å². The normalized spacial score (nSPS) is 15.5. The van der Waals surface area contributed by atoms with Crippen molar-refractivity contribution in [3.05, 3.63) is 41.4 Å². The molecule has 2 aromatic rings. The number of hydrogen-bond donors (Lipinski definition) is 0. The zero-order valence-corrected chi connectivity index (χ0v) is 14.6. The second-order valence-electron chi connectivity index (χ2n) is 5.85. The van der Waals surface area contributed by atoms with Crippen molar-refractivity contribution in [2.45, 2.75) is 6.92 Å². The summed E-state index contributed by atoms with van der Waals surface area (Å²) in [5.74, 6) is 1.80. The first kappa shape index (κ1) is 17.1. The third-order valence-corrected chi connectivity index (χ3v) is 4.35. The molecular weight excluding hydrogens is 316 g/mol. The van der Waals surface area contributed by atoms with Gasteiger partial charge in [-0.15, -0.1) is 0 Å². The topological polar surface area (TPSA) is 65.5 Å². The molecule has 0 radical (unpaired) electrons. The second-order valence-corrected chi connectivity index (χ2v) is 5.85. The fourth-order valence-electron chi connectivity index (χ4n) is 2.87. The van der Waals surface area contributed by atoms with E-state index in [9.17, 15) is 5.26 Å². The van der Waals surface area contributed by atoms with Gasteiger partial charge in [0.1, 0.15) is 11.8 Å². The average Bonchev–Trinajstić information content (AvgIpc) is 3.10. The van der Waals surface area contributed by atoms with Gasteiger partial charge in [0, 0.05) is 32.3 Å². The number of piperazine rings is 1. The number of methoxy groups -OCH3 is 1. The summed E-state index contributed by atoms with van der Waals surface area (Å²) in [6.07, 6.45) is 3.68. The van der Waals surface area contributed by atoms with E-state index >= 15 is 0 Å². The molecule has 1 aliphatic rings.